The molecular formula is C27H32N4O2. The number of likely N-dealkylation sites (tertiary alicyclic amines) is 1. The second kappa shape index (κ2) is 10.0. The molecule has 33 heavy (non-hydrogen) atoms. The monoisotopic (exact) mass is 444 g/mol. The molecule has 2 aromatic heterocycles. The lowest BCUT2D eigenvalue weighted by atomic mass is 10.0. The Balaban J connectivity index is 1.50. The van der Waals surface area contributed by atoms with Crippen LogP contribution in [0, 0.1) is 13.8 Å². The van der Waals surface area contributed by atoms with Crippen molar-refractivity contribution in [3.8, 4) is 5.82 Å². The molecular weight excluding hydrogens is 412 g/mol. The summed E-state index contributed by atoms with van der Waals surface area (Å²) < 4.78 is 2.04. The summed E-state index contributed by atoms with van der Waals surface area (Å²) in [7, 11) is 0. The Bertz CT molecular complexity index is 1100. The first-order valence-corrected chi connectivity index (χ1v) is 11.8. The quantitative estimate of drug-likeness (QED) is 0.556. The second-order valence-corrected chi connectivity index (χ2v) is 8.70. The number of hydrogen-bond donors (Lipinski definition) is 0. The third kappa shape index (κ3) is 4.70. The number of carbonyl (C=O) groups excluding carboxylic acids is 2. The van der Waals surface area contributed by atoms with Crippen LogP contribution in [0.4, 0.5) is 0 Å². The molecule has 0 aliphatic carbocycles. The number of hydrogen-bond acceptors (Lipinski definition) is 3. The molecule has 0 radical (unpaired) electrons. The fourth-order valence-electron chi connectivity index (χ4n) is 4.81. The van der Waals surface area contributed by atoms with Crippen LogP contribution in [-0.2, 0) is 0 Å². The zero-order chi connectivity index (χ0) is 23.4. The maximum absolute atomic E-state index is 13.7. The van der Waals surface area contributed by atoms with Crippen molar-refractivity contribution in [1.82, 2.24) is 19.4 Å². The predicted octanol–water partition coefficient (Wildman–Crippen LogP) is 4.65. The van der Waals surface area contributed by atoms with E-state index in [4.69, 9.17) is 0 Å². The van der Waals surface area contributed by atoms with Gasteiger partial charge in [0.05, 0.1) is 5.56 Å². The minimum absolute atomic E-state index is 0.0694. The molecule has 2 amide bonds. The van der Waals surface area contributed by atoms with E-state index in [1.54, 1.807) is 6.20 Å². The number of carbonyl (C=O) groups is 2. The van der Waals surface area contributed by atoms with Gasteiger partial charge in [-0.3, -0.25) is 9.59 Å². The van der Waals surface area contributed by atoms with Crippen LogP contribution in [0.2, 0.25) is 0 Å². The molecule has 1 aliphatic rings. The fraction of sp³-hybridized carbons (Fsp3) is 0.370. The molecule has 0 spiro atoms. The van der Waals surface area contributed by atoms with Gasteiger partial charge in [0.25, 0.3) is 11.8 Å². The molecule has 0 N–H and O–H groups in total. The van der Waals surface area contributed by atoms with Crippen molar-refractivity contribution in [2.75, 3.05) is 19.6 Å². The summed E-state index contributed by atoms with van der Waals surface area (Å²) in [6.45, 7) is 8.14. The van der Waals surface area contributed by atoms with Crippen molar-refractivity contribution in [3.63, 3.8) is 0 Å². The molecule has 6 heteroatoms. The Kier molecular flexibility index (Phi) is 6.92. The van der Waals surface area contributed by atoms with E-state index in [0.717, 1.165) is 47.6 Å². The molecule has 3 heterocycles. The first-order valence-electron chi connectivity index (χ1n) is 11.8. The number of pyridine rings is 1. The number of amides is 2. The van der Waals surface area contributed by atoms with E-state index in [0.29, 0.717) is 19.6 Å². The zero-order valence-corrected chi connectivity index (χ0v) is 19.7. The van der Waals surface area contributed by atoms with E-state index >= 15 is 0 Å². The highest BCUT2D eigenvalue weighted by Crippen LogP contribution is 2.25. The maximum atomic E-state index is 13.7. The SMILES string of the molecule is CCCN(C(=O)c1cc(C)n(-c2ccccn2)c1C)C1CCN(C(=O)c2ccccc2)CC1. The summed E-state index contributed by atoms with van der Waals surface area (Å²) in [6.07, 6.45) is 4.25. The van der Waals surface area contributed by atoms with Crippen molar-refractivity contribution in [2.24, 2.45) is 0 Å². The van der Waals surface area contributed by atoms with Gasteiger partial charge in [0.2, 0.25) is 0 Å². The Hall–Kier alpha value is -3.41. The number of aromatic nitrogens is 2. The third-order valence-electron chi connectivity index (χ3n) is 6.48. The fourth-order valence-corrected chi connectivity index (χ4v) is 4.81. The normalized spacial score (nSPS) is 14.3. The Morgan fingerprint density at radius 1 is 1.03 bits per heavy atom. The van der Waals surface area contributed by atoms with E-state index in [1.807, 2.05) is 82.8 Å². The van der Waals surface area contributed by atoms with Gasteiger partial charge in [-0.25, -0.2) is 4.98 Å². The number of nitrogens with zero attached hydrogens (tertiary/aromatic N) is 4. The summed E-state index contributed by atoms with van der Waals surface area (Å²) in [5, 5.41) is 0. The van der Waals surface area contributed by atoms with E-state index in [1.165, 1.54) is 0 Å². The lowest BCUT2D eigenvalue weighted by Gasteiger charge is -2.38. The van der Waals surface area contributed by atoms with Gasteiger partial charge >= 0.3 is 0 Å². The van der Waals surface area contributed by atoms with Crippen molar-refractivity contribution in [2.45, 2.75) is 46.1 Å². The summed E-state index contributed by atoms with van der Waals surface area (Å²) in [6, 6.07) is 17.3. The Morgan fingerprint density at radius 2 is 1.73 bits per heavy atom. The Labute approximate surface area is 195 Å². The molecule has 1 aliphatic heterocycles. The average Bonchev–Trinajstić information content (AvgIpc) is 3.16. The van der Waals surface area contributed by atoms with Gasteiger partial charge in [0, 0.05) is 48.8 Å². The molecule has 1 aromatic carbocycles. The van der Waals surface area contributed by atoms with Crippen LogP contribution in [0.3, 0.4) is 0 Å². The van der Waals surface area contributed by atoms with Crippen molar-refractivity contribution in [3.05, 3.63) is 83.3 Å². The summed E-state index contributed by atoms with van der Waals surface area (Å²) in [4.78, 5) is 34.9. The lowest BCUT2D eigenvalue weighted by Crippen LogP contribution is -2.49. The summed E-state index contributed by atoms with van der Waals surface area (Å²) >= 11 is 0. The van der Waals surface area contributed by atoms with Gasteiger partial charge in [0.1, 0.15) is 5.82 Å². The van der Waals surface area contributed by atoms with Crippen LogP contribution >= 0.6 is 0 Å². The summed E-state index contributed by atoms with van der Waals surface area (Å²) in [5.41, 5.74) is 3.36. The highest BCUT2D eigenvalue weighted by atomic mass is 16.2. The third-order valence-corrected chi connectivity index (χ3v) is 6.48. The zero-order valence-electron chi connectivity index (χ0n) is 19.7. The van der Waals surface area contributed by atoms with Crippen LogP contribution in [0.15, 0.2) is 60.8 Å². The number of benzene rings is 1. The molecule has 0 unspecified atom stereocenters. The van der Waals surface area contributed by atoms with Crippen molar-refractivity contribution in [1.29, 1.82) is 0 Å². The highest BCUT2D eigenvalue weighted by Gasteiger charge is 2.31. The molecule has 1 saturated heterocycles. The van der Waals surface area contributed by atoms with Gasteiger partial charge in [-0.05, 0) is 63.4 Å². The first-order chi connectivity index (χ1) is 16.0. The Morgan fingerprint density at radius 3 is 2.36 bits per heavy atom. The van der Waals surface area contributed by atoms with Gasteiger partial charge in [0.15, 0.2) is 0 Å². The van der Waals surface area contributed by atoms with Crippen LogP contribution in [0.25, 0.3) is 5.82 Å². The van der Waals surface area contributed by atoms with Gasteiger partial charge in [-0.15, -0.1) is 0 Å². The van der Waals surface area contributed by atoms with Crippen molar-refractivity contribution < 1.29 is 9.59 Å². The lowest BCUT2D eigenvalue weighted by molar-refractivity contribution is 0.0519. The maximum Gasteiger partial charge on any atom is 0.255 e. The van der Waals surface area contributed by atoms with Crippen LogP contribution < -0.4 is 0 Å². The number of piperidine rings is 1. The van der Waals surface area contributed by atoms with Crippen LogP contribution in [0.1, 0.15) is 58.3 Å². The van der Waals surface area contributed by atoms with Crippen LogP contribution in [0.5, 0.6) is 0 Å². The molecule has 172 valence electrons. The minimum Gasteiger partial charge on any atom is -0.338 e. The molecule has 0 saturated carbocycles. The average molecular weight is 445 g/mol. The standard InChI is InChI=1S/C27H32N4O2/c1-4-16-30(23-13-17-29(18-14-23)26(32)22-10-6-5-7-11-22)27(33)24-19-20(2)31(21(24)3)25-12-8-9-15-28-25/h5-12,15,19,23H,4,13-14,16-18H2,1-3H3. The molecule has 4 rings (SSSR count). The van der Waals surface area contributed by atoms with Crippen molar-refractivity contribution >= 4 is 11.8 Å². The van der Waals surface area contributed by atoms with E-state index in [2.05, 4.69) is 11.9 Å². The van der Waals surface area contributed by atoms with E-state index in [-0.39, 0.29) is 17.9 Å². The van der Waals surface area contributed by atoms with Gasteiger partial charge < -0.3 is 14.4 Å². The smallest absolute Gasteiger partial charge is 0.255 e. The molecule has 3 aromatic rings. The predicted molar refractivity (Wildman–Crippen MR) is 130 cm³/mol. The van der Waals surface area contributed by atoms with E-state index in [9.17, 15) is 9.59 Å². The molecule has 1 fully saturated rings. The highest BCUT2D eigenvalue weighted by molar-refractivity contribution is 5.96. The van der Waals surface area contributed by atoms with Crippen LogP contribution in [-0.4, -0.2) is 56.8 Å². The topological polar surface area (TPSA) is 58.4 Å². The second-order valence-electron chi connectivity index (χ2n) is 8.70. The molecule has 6 nitrogen and oxygen atoms in total. The largest absolute Gasteiger partial charge is 0.338 e. The molecule has 0 atom stereocenters. The number of aryl methyl sites for hydroxylation is 1. The summed E-state index contributed by atoms with van der Waals surface area (Å²) in [5.74, 6) is 0.961. The first kappa shape index (κ1) is 22.8. The van der Waals surface area contributed by atoms with Gasteiger partial charge in [-0.1, -0.05) is 31.2 Å². The minimum atomic E-state index is 0.0694. The van der Waals surface area contributed by atoms with E-state index < -0.39 is 0 Å². The molecule has 0 bridgehead atoms. The van der Waals surface area contributed by atoms with Gasteiger partial charge in [-0.2, -0.15) is 0 Å². The number of rotatable bonds is 6.